The molecule has 0 radical (unpaired) electrons. The first kappa shape index (κ1) is 25.9. The van der Waals surface area contributed by atoms with E-state index in [-0.39, 0.29) is 57.6 Å². The Labute approximate surface area is 214 Å². The number of hydrogen-bond acceptors (Lipinski definition) is 6. The summed E-state index contributed by atoms with van der Waals surface area (Å²) < 4.78 is 95.1. The van der Waals surface area contributed by atoms with Crippen LogP contribution in [0, 0.1) is 0 Å². The van der Waals surface area contributed by atoms with E-state index in [4.69, 9.17) is 13.7 Å². The standard InChI is InChI=1S/C27H15F6NO5/c28-26(29,30)16-7-15(8-17(9-16)27(31,32)33)23-10-18(34-39-23)12-37-20-5-6-21-24(11-20)38-13-22(25(21)36)14-1-3-19(35)4-2-14/h1-11,13,35H,12H2. The molecule has 0 fully saturated rings. The van der Waals surface area contributed by atoms with Crippen molar-refractivity contribution in [3.63, 3.8) is 0 Å². The summed E-state index contributed by atoms with van der Waals surface area (Å²) in [6, 6.07) is 12.7. The van der Waals surface area contributed by atoms with Gasteiger partial charge in [0.1, 0.15) is 35.6 Å². The molecule has 6 nitrogen and oxygen atoms in total. The van der Waals surface area contributed by atoms with Crippen molar-refractivity contribution in [3.05, 3.63) is 100 Å². The molecular weight excluding hydrogens is 532 g/mol. The number of hydrogen-bond donors (Lipinski definition) is 1. The molecule has 2 heterocycles. The number of aromatic hydroxyl groups is 1. The summed E-state index contributed by atoms with van der Waals surface area (Å²) in [5.41, 5.74) is -2.57. The molecule has 1 N–H and O–H groups in total. The summed E-state index contributed by atoms with van der Waals surface area (Å²) in [6.07, 6.45) is -8.73. The third kappa shape index (κ3) is 5.44. The van der Waals surface area contributed by atoms with Gasteiger partial charge in [0, 0.05) is 17.7 Å². The van der Waals surface area contributed by atoms with Crippen LogP contribution in [0.15, 0.2) is 86.7 Å². The van der Waals surface area contributed by atoms with Crippen LogP contribution in [0.5, 0.6) is 11.5 Å². The number of halogens is 6. The van der Waals surface area contributed by atoms with Crippen molar-refractivity contribution in [2.24, 2.45) is 0 Å². The minimum Gasteiger partial charge on any atom is -0.508 e. The van der Waals surface area contributed by atoms with Crippen LogP contribution >= 0.6 is 0 Å². The molecule has 5 aromatic rings. The van der Waals surface area contributed by atoms with Gasteiger partial charge in [0.15, 0.2) is 11.2 Å². The van der Waals surface area contributed by atoms with E-state index in [1.807, 2.05) is 0 Å². The molecule has 3 aromatic carbocycles. The van der Waals surface area contributed by atoms with E-state index < -0.39 is 29.0 Å². The largest absolute Gasteiger partial charge is 0.508 e. The van der Waals surface area contributed by atoms with Crippen LogP contribution < -0.4 is 10.2 Å². The van der Waals surface area contributed by atoms with Gasteiger partial charge in [-0.3, -0.25) is 4.79 Å². The number of nitrogens with zero attached hydrogens (tertiary/aromatic N) is 1. The normalized spacial score (nSPS) is 12.2. The van der Waals surface area contributed by atoms with Gasteiger partial charge >= 0.3 is 12.4 Å². The summed E-state index contributed by atoms with van der Waals surface area (Å²) in [6.45, 7) is -0.240. The second-order valence-corrected chi connectivity index (χ2v) is 8.45. The highest BCUT2D eigenvalue weighted by molar-refractivity contribution is 5.82. The quantitative estimate of drug-likeness (QED) is 0.230. The average molecular weight is 547 g/mol. The Bertz CT molecular complexity index is 1690. The Balaban J connectivity index is 1.36. The van der Waals surface area contributed by atoms with E-state index in [0.717, 1.165) is 0 Å². The van der Waals surface area contributed by atoms with E-state index in [1.165, 1.54) is 42.7 Å². The molecule has 0 bridgehead atoms. The molecule has 0 saturated carbocycles. The lowest BCUT2D eigenvalue weighted by Gasteiger charge is -2.13. The van der Waals surface area contributed by atoms with Gasteiger partial charge in [0.05, 0.1) is 22.1 Å². The van der Waals surface area contributed by atoms with Gasteiger partial charge in [0.2, 0.25) is 0 Å². The Kier molecular flexibility index (Phi) is 6.33. The van der Waals surface area contributed by atoms with Gasteiger partial charge in [-0.1, -0.05) is 17.3 Å². The molecule has 0 aliphatic rings. The van der Waals surface area contributed by atoms with Gasteiger partial charge in [-0.05, 0) is 48.0 Å². The minimum absolute atomic E-state index is 0.0235. The second kappa shape index (κ2) is 9.53. The molecule has 0 aliphatic carbocycles. The van der Waals surface area contributed by atoms with Gasteiger partial charge in [-0.25, -0.2) is 0 Å². The lowest BCUT2D eigenvalue weighted by atomic mass is 10.0. The lowest BCUT2D eigenvalue weighted by molar-refractivity contribution is -0.143. The minimum atomic E-state index is -5.00. The predicted molar refractivity (Wildman–Crippen MR) is 126 cm³/mol. The van der Waals surface area contributed by atoms with Crippen molar-refractivity contribution in [2.75, 3.05) is 0 Å². The predicted octanol–water partition coefficient (Wildman–Crippen LogP) is 7.44. The molecule has 200 valence electrons. The summed E-state index contributed by atoms with van der Waals surface area (Å²) in [5, 5.41) is 13.4. The molecule has 39 heavy (non-hydrogen) atoms. The Morgan fingerprint density at radius 3 is 2.13 bits per heavy atom. The van der Waals surface area contributed by atoms with E-state index in [2.05, 4.69) is 5.16 Å². The zero-order chi connectivity index (χ0) is 27.9. The molecule has 0 spiro atoms. The van der Waals surface area contributed by atoms with Crippen LogP contribution in [0.4, 0.5) is 26.3 Å². The molecule has 0 saturated heterocycles. The molecule has 2 aromatic heterocycles. The number of rotatable bonds is 5. The third-order valence-electron chi connectivity index (χ3n) is 5.74. The molecular formula is C27H15F6NO5. The van der Waals surface area contributed by atoms with Gasteiger partial charge in [0.25, 0.3) is 0 Å². The zero-order valence-corrected chi connectivity index (χ0v) is 19.4. The summed E-state index contributed by atoms with van der Waals surface area (Å²) in [4.78, 5) is 12.9. The zero-order valence-electron chi connectivity index (χ0n) is 19.4. The Morgan fingerprint density at radius 2 is 1.49 bits per heavy atom. The molecule has 0 aliphatic heterocycles. The van der Waals surface area contributed by atoms with E-state index in [0.29, 0.717) is 17.7 Å². The van der Waals surface area contributed by atoms with Gasteiger partial charge in [-0.2, -0.15) is 26.3 Å². The third-order valence-corrected chi connectivity index (χ3v) is 5.74. The van der Waals surface area contributed by atoms with Crippen LogP contribution in [0.1, 0.15) is 16.8 Å². The van der Waals surface area contributed by atoms with Crippen LogP contribution in [-0.4, -0.2) is 10.3 Å². The summed E-state index contributed by atoms with van der Waals surface area (Å²) >= 11 is 0. The fraction of sp³-hybridized carbons (Fsp3) is 0.111. The number of ether oxygens (including phenoxy) is 1. The lowest BCUT2D eigenvalue weighted by Crippen LogP contribution is -2.11. The highest BCUT2D eigenvalue weighted by atomic mass is 19.4. The molecule has 0 amide bonds. The van der Waals surface area contributed by atoms with Crippen LogP contribution in [-0.2, 0) is 19.0 Å². The number of phenols is 1. The van der Waals surface area contributed by atoms with Crippen molar-refractivity contribution < 1.29 is 45.1 Å². The maximum atomic E-state index is 13.2. The number of aromatic nitrogens is 1. The number of benzene rings is 3. The molecule has 5 rings (SSSR count). The first-order valence-electron chi connectivity index (χ1n) is 11.1. The second-order valence-electron chi connectivity index (χ2n) is 8.45. The molecule has 0 atom stereocenters. The van der Waals surface area contributed by atoms with Crippen LogP contribution in [0.3, 0.4) is 0 Å². The maximum absolute atomic E-state index is 13.2. The fourth-order valence-electron chi connectivity index (χ4n) is 3.81. The van der Waals surface area contributed by atoms with Crippen LogP contribution in [0.2, 0.25) is 0 Å². The van der Waals surface area contributed by atoms with Crippen molar-refractivity contribution in [2.45, 2.75) is 19.0 Å². The fourth-order valence-corrected chi connectivity index (χ4v) is 3.81. The highest BCUT2D eigenvalue weighted by Crippen LogP contribution is 2.39. The smallest absolute Gasteiger partial charge is 0.416 e. The van der Waals surface area contributed by atoms with E-state index in [9.17, 15) is 36.2 Å². The summed E-state index contributed by atoms with van der Waals surface area (Å²) in [5.74, 6) is -0.00619. The van der Waals surface area contributed by atoms with E-state index >= 15 is 0 Å². The Morgan fingerprint density at radius 1 is 0.821 bits per heavy atom. The monoisotopic (exact) mass is 547 g/mol. The average Bonchev–Trinajstić information content (AvgIpc) is 3.36. The highest BCUT2D eigenvalue weighted by Gasteiger charge is 2.37. The number of fused-ring (bicyclic) bond motifs is 1. The summed E-state index contributed by atoms with van der Waals surface area (Å²) in [7, 11) is 0. The number of phenolic OH excluding ortho intramolecular Hbond substituents is 1. The maximum Gasteiger partial charge on any atom is 0.416 e. The van der Waals surface area contributed by atoms with Crippen molar-refractivity contribution in [1.82, 2.24) is 5.16 Å². The Hall–Kier alpha value is -4.74. The van der Waals surface area contributed by atoms with Crippen molar-refractivity contribution >= 4 is 11.0 Å². The first-order valence-corrected chi connectivity index (χ1v) is 11.1. The molecule has 12 heteroatoms. The van der Waals surface area contributed by atoms with Crippen molar-refractivity contribution in [1.29, 1.82) is 0 Å². The number of alkyl halides is 6. The van der Waals surface area contributed by atoms with Crippen molar-refractivity contribution in [3.8, 4) is 33.9 Å². The van der Waals surface area contributed by atoms with Crippen LogP contribution in [0.25, 0.3) is 33.4 Å². The first-order chi connectivity index (χ1) is 18.4. The van der Waals surface area contributed by atoms with Gasteiger partial charge < -0.3 is 18.8 Å². The molecule has 0 unspecified atom stereocenters. The van der Waals surface area contributed by atoms with Gasteiger partial charge in [-0.15, -0.1) is 0 Å². The SMILES string of the molecule is O=c1c(-c2ccc(O)cc2)coc2cc(OCc3cc(-c4cc(C(F)(F)F)cc(C(F)(F)F)c4)on3)ccc12. The van der Waals surface area contributed by atoms with E-state index in [1.54, 1.807) is 12.1 Å². The topological polar surface area (TPSA) is 85.7 Å².